The lowest BCUT2D eigenvalue weighted by molar-refractivity contribution is 0.560. The molecule has 1 atom stereocenters. The van der Waals surface area contributed by atoms with Gasteiger partial charge in [-0.25, -0.2) is 0 Å². The van der Waals surface area contributed by atoms with Crippen LogP contribution in [0.5, 0.6) is 0 Å². The number of nitrogens with zero attached hydrogens (tertiary/aromatic N) is 2. The first-order chi connectivity index (χ1) is 9.20. The third kappa shape index (κ3) is 3.40. The van der Waals surface area contributed by atoms with E-state index in [1.54, 1.807) is 6.20 Å². The molecule has 0 aliphatic heterocycles. The fourth-order valence-electron chi connectivity index (χ4n) is 1.96. The quantitative estimate of drug-likeness (QED) is 0.908. The minimum Gasteiger partial charge on any atom is -0.305 e. The average Bonchev–Trinajstić information content (AvgIpc) is 2.46. The number of benzene rings is 1. The van der Waals surface area contributed by atoms with Crippen molar-refractivity contribution in [3.8, 4) is 6.07 Å². The van der Waals surface area contributed by atoms with Gasteiger partial charge in [-0.1, -0.05) is 12.1 Å². The molecular weight excluding hydrogens is 234 g/mol. The van der Waals surface area contributed by atoms with E-state index in [1.807, 2.05) is 43.3 Å². The number of nitriles is 1. The van der Waals surface area contributed by atoms with Gasteiger partial charge < -0.3 is 5.32 Å². The van der Waals surface area contributed by atoms with Gasteiger partial charge in [0.2, 0.25) is 0 Å². The molecule has 0 saturated heterocycles. The molecule has 2 aromatic rings. The lowest BCUT2D eigenvalue weighted by atomic mass is 10.1. The number of hydrogen-bond donors (Lipinski definition) is 1. The number of rotatable bonds is 4. The van der Waals surface area contributed by atoms with Crippen LogP contribution in [0.15, 0.2) is 42.6 Å². The van der Waals surface area contributed by atoms with Crippen LogP contribution >= 0.6 is 0 Å². The summed E-state index contributed by atoms with van der Waals surface area (Å²) in [5.41, 5.74) is 4.09. The highest BCUT2D eigenvalue weighted by molar-refractivity contribution is 5.37. The van der Waals surface area contributed by atoms with Crippen molar-refractivity contribution in [2.75, 3.05) is 0 Å². The highest BCUT2D eigenvalue weighted by atomic mass is 14.9. The molecule has 1 aromatic heterocycles. The third-order valence-electron chi connectivity index (χ3n) is 3.20. The molecule has 96 valence electrons. The summed E-state index contributed by atoms with van der Waals surface area (Å²) in [6, 6.07) is 14.1. The Kier molecular flexibility index (Phi) is 4.27. The highest BCUT2D eigenvalue weighted by Crippen LogP contribution is 2.13. The molecule has 2 rings (SSSR count). The Bertz CT molecular complexity index is 585. The van der Waals surface area contributed by atoms with Crippen LogP contribution in [0, 0.1) is 18.3 Å². The molecule has 0 radical (unpaired) electrons. The van der Waals surface area contributed by atoms with Crippen molar-refractivity contribution in [1.82, 2.24) is 10.3 Å². The van der Waals surface area contributed by atoms with Gasteiger partial charge in [0.1, 0.15) is 0 Å². The Hall–Kier alpha value is -2.18. The Labute approximate surface area is 113 Å². The molecule has 0 amide bonds. The van der Waals surface area contributed by atoms with Gasteiger partial charge in [-0.05, 0) is 49.2 Å². The van der Waals surface area contributed by atoms with Gasteiger partial charge in [0.05, 0.1) is 17.3 Å². The van der Waals surface area contributed by atoms with Crippen LogP contribution in [-0.2, 0) is 6.54 Å². The maximum atomic E-state index is 8.85. The van der Waals surface area contributed by atoms with Gasteiger partial charge in [-0.3, -0.25) is 4.98 Å². The largest absolute Gasteiger partial charge is 0.305 e. The van der Waals surface area contributed by atoms with Crippen molar-refractivity contribution in [1.29, 1.82) is 5.26 Å². The van der Waals surface area contributed by atoms with E-state index in [-0.39, 0.29) is 6.04 Å². The molecule has 1 unspecified atom stereocenters. The maximum Gasteiger partial charge on any atom is 0.0991 e. The molecule has 3 heteroatoms. The molecule has 3 nitrogen and oxygen atoms in total. The molecule has 1 N–H and O–H groups in total. The molecule has 0 saturated carbocycles. The molecular formula is C16H17N3. The van der Waals surface area contributed by atoms with E-state index in [2.05, 4.69) is 23.3 Å². The molecule has 0 aliphatic carbocycles. The monoisotopic (exact) mass is 251 g/mol. The van der Waals surface area contributed by atoms with Crippen molar-refractivity contribution in [3.63, 3.8) is 0 Å². The van der Waals surface area contributed by atoms with Gasteiger partial charge in [-0.15, -0.1) is 0 Å². The first-order valence-corrected chi connectivity index (χ1v) is 6.34. The van der Waals surface area contributed by atoms with Gasteiger partial charge in [-0.2, -0.15) is 5.26 Å². The molecule has 0 fully saturated rings. The van der Waals surface area contributed by atoms with E-state index in [0.29, 0.717) is 5.56 Å². The minimum absolute atomic E-state index is 0.205. The number of aryl methyl sites for hydroxylation is 1. The minimum atomic E-state index is 0.205. The summed E-state index contributed by atoms with van der Waals surface area (Å²) in [4.78, 5) is 4.34. The first kappa shape index (κ1) is 13.3. The zero-order chi connectivity index (χ0) is 13.7. The van der Waals surface area contributed by atoms with E-state index in [4.69, 9.17) is 5.26 Å². The van der Waals surface area contributed by atoms with Crippen LogP contribution in [0.4, 0.5) is 0 Å². The van der Waals surface area contributed by atoms with Crippen LogP contribution in [0.1, 0.15) is 35.3 Å². The van der Waals surface area contributed by atoms with Crippen molar-refractivity contribution in [2.24, 2.45) is 0 Å². The average molecular weight is 251 g/mol. The lowest BCUT2D eigenvalue weighted by Crippen LogP contribution is -2.19. The van der Waals surface area contributed by atoms with E-state index in [0.717, 1.165) is 17.8 Å². The smallest absolute Gasteiger partial charge is 0.0991 e. The number of aromatic nitrogens is 1. The Morgan fingerprint density at radius 1 is 1.32 bits per heavy atom. The van der Waals surface area contributed by atoms with Gasteiger partial charge in [0.15, 0.2) is 0 Å². The highest BCUT2D eigenvalue weighted by Gasteiger charge is 2.06. The van der Waals surface area contributed by atoms with Crippen LogP contribution in [-0.4, -0.2) is 4.98 Å². The number of nitrogens with one attached hydrogen (secondary N) is 1. The summed E-state index contributed by atoms with van der Waals surface area (Å²) in [6.07, 6.45) is 1.81. The fourth-order valence-corrected chi connectivity index (χ4v) is 1.96. The molecule has 0 bridgehead atoms. The predicted octanol–water partition coefficient (Wildman–Crippen LogP) is 3.11. The molecule has 0 aliphatic rings. The predicted molar refractivity (Wildman–Crippen MR) is 75.4 cm³/mol. The second-order valence-electron chi connectivity index (χ2n) is 4.61. The van der Waals surface area contributed by atoms with E-state index >= 15 is 0 Å². The number of pyridine rings is 1. The summed E-state index contributed by atoms with van der Waals surface area (Å²) in [7, 11) is 0. The second kappa shape index (κ2) is 6.12. The fraction of sp³-hybridized carbons (Fsp3) is 0.250. The van der Waals surface area contributed by atoms with Crippen LogP contribution < -0.4 is 5.32 Å². The number of hydrogen-bond acceptors (Lipinski definition) is 3. The van der Waals surface area contributed by atoms with Gasteiger partial charge in [0.25, 0.3) is 0 Å². The standard InChI is InChI=1S/C16H17N3/c1-12-9-14(10-17)6-7-15(12)11-19-13(2)16-5-3-4-8-18-16/h3-9,13,19H,11H2,1-2H3. The molecule has 0 spiro atoms. The Morgan fingerprint density at radius 3 is 2.79 bits per heavy atom. The summed E-state index contributed by atoms with van der Waals surface area (Å²) >= 11 is 0. The van der Waals surface area contributed by atoms with Gasteiger partial charge >= 0.3 is 0 Å². The molecule has 1 aromatic carbocycles. The van der Waals surface area contributed by atoms with Crippen molar-refractivity contribution in [3.05, 3.63) is 65.0 Å². The normalized spacial score (nSPS) is 11.8. The van der Waals surface area contributed by atoms with Crippen molar-refractivity contribution >= 4 is 0 Å². The van der Waals surface area contributed by atoms with Crippen LogP contribution in [0.2, 0.25) is 0 Å². The Morgan fingerprint density at radius 2 is 2.16 bits per heavy atom. The zero-order valence-corrected chi connectivity index (χ0v) is 11.2. The second-order valence-corrected chi connectivity index (χ2v) is 4.61. The summed E-state index contributed by atoms with van der Waals surface area (Å²) in [5.74, 6) is 0. The molecule has 19 heavy (non-hydrogen) atoms. The van der Waals surface area contributed by atoms with Crippen LogP contribution in [0.3, 0.4) is 0 Å². The topological polar surface area (TPSA) is 48.7 Å². The first-order valence-electron chi connectivity index (χ1n) is 6.34. The van der Waals surface area contributed by atoms with E-state index in [9.17, 15) is 0 Å². The van der Waals surface area contributed by atoms with Crippen molar-refractivity contribution < 1.29 is 0 Å². The van der Waals surface area contributed by atoms with E-state index < -0.39 is 0 Å². The summed E-state index contributed by atoms with van der Waals surface area (Å²) in [5, 5.41) is 12.3. The summed E-state index contributed by atoms with van der Waals surface area (Å²) < 4.78 is 0. The molecule has 1 heterocycles. The lowest BCUT2D eigenvalue weighted by Gasteiger charge is -2.14. The van der Waals surface area contributed by atoms with Crippen LogP contribution in [0.25, 0.3) is 0 Å². The SMILES string of the molecule is Cc1cc(C#N)ccc1CNC(C)c1ccccn1. The van der Waals surface area contributed by atoms with Crippen molar-refractivity contribution in [2.45, 2.75) is 26.4 Å². The Balaban J connectivity index is 2.01. The maximum absolute atomic E-state index is 8.85. The van der Waals surface area contributed by atoms with E-state index in [1.165, 1.54) is 5.56 Å². The third-order valence-corrected chi connectivity index (χ3v) is 3.20. The van der Waals surface area contributed by atoms with Gasteiger partial charge in [0, 0.05) is 18.8 Å². The summed E-state index contributed by atoms with van der Waals surface area (Å²) in [6.45, 7) is 4.90. The zero-order valence-electron chi connectivity index (χ0n) is 11.2.